The first kappa shape index (κ1) is 16.7. The summed E-state index contributed by atoms with van der Waals surface area (Å²) in [5.74, 6) is 0.387. The summed E-state index contributed by atoms with van der Waals surface area (Å²) in [4.78, 5) is 21.4. The fourth-order valence-electron chi connectivity index (χ4n) is 3.23. The van der Waals surface area contributed by atoms with Crippen LogP contribution in [0.3, 0.4) is 0 Å². The van der Waals surface area contributed by atoms with Crippen molar-refractivity contribution in [3.8, 4) is 16.5 Å². The molecule has 0 spiro atoms. The molecule has 3 aromatic heterocycles. The van der Waals surface area contributed by atoms with Crippen molar-refractivity contribution in [2.75, 3.05) is 0 Å². The van der Waals surface area contributed by atoms with Gasteiger partial charge in [-0.25, -0.2) is 14.5 Å². The minimum Gasteiger partial charge on any atom is -0.470 e. The summed E-state index contributed by atoms with van der Waals surface area (Å²) in [5.41, 5.74) is 1.22. The number of thiazole rings is 1. The van der Waals surface area contributed by atoms with Crippen molar-refractivity contribution in [1.82, 2.24) is 24.9 Å². The maximum Gasteiger partial charge on any atom is 0.243 e. The molecule has 1 saturated carbocycles. The maximum absolute atomic E-state index is 11.4. The summed E-state index contributed by atoms with van der Waals surface area (Å²) in [6.45, 7) is 7.47. The van der Waals surface area contributed by atoms with Gasteiger partial charge in [0.25, 0.3) is 0 Å². The van der Waals surface area contributed by atoms with Crippen molar-refractivity contribution in [3.63, 3.8) is 0 Å². The minimum atomic E-state index is -0.376. The van der Waals surface area contributed by atoms with Crippen LogP contribution in [0.25, 0.3) is 16.1 Å². The van der Waals surface area contributed by atoms with Gasteiger partial charge in [0, 0.05) is 25.1 Å². The van der Waals surface area contributed by atoms with Gasteiger partial charge in [-0.1, -0.05) is 6.58 Å². The largest absolute Gasteiger partial charge is 0.470 e. The Bertz CT molecular complexity index is 987. The van der Waals surface area contributed by atoms with Gasteiger partial charge in [0.2, 0.25) is 11.8 Å². The molecule has 0 bridgehead atoms. The topological polar surface area (TPSA) is 81.4 Å². The van der Waals surface area contributed by atoms with Crippen LogP contribution in [0.4, 0.5) is 0 Å². The van der Waals surface area contributed by atoms with E-state index >= 15 is 0 Å². The number of aromatic nitrogens is 4. The Balaban J connectivity index is 1.59. The Labute approximate surface area is 154 Å². The first-order valence-corrected chi connectivity index (χ1v) is 9.16. The number of ether oxygens (including phenoxy) is 1. The van der Waals surface area contributed by atoms with Gasteiger partial charge in [-0.2, -0.15) is 5.10 Å². The van der Waals surface area contributed by atoms with Crippen molar-refractivity contribution >= 4 is 22.8 Å². The van der Waals surface area contributed by atoms with Crippen molar-refractivity contribution in [2.45, 2.75) is 38.3 Å². The zero-order valence-corrected chi connectivity index (χ0v) is 15.4. The zero-order valence-electron chi connectivity index (χ0n) is 14.6. The van der Waals surface area contributed by atoms with Crippen LogP contribution < -0.4 is 10.1 Å². The molecule has 26 heavy (non-hydrogen) atoms. The van der Waals surface area contributed by atoms with E-state index in [1.165, 1.54) is 6.08 Å². The summed E-state index contributed by atoms with van der Waals surface area (Å²) >= 11 is 1.58. The average Bonchev–Trinajstić information content (AvgIpc) is 3.21. The second kappa shape index (κ2) is 6.21. The number of nitrogens with one attached hydrogen (secondary N) is 1. The molecular weight excluding hydrogens is 350 g/mol. The molecule has 3 heterocycles. The van der Waals surface area contributed by atoms with E-state index < -0.39 is 0 Å². The van der Waals surface area contributed by atoms with Gasteiger partial charge < -0.3 is 10.1 Å². The third-order valence-corrected chi connectivity index (χ3v) is 5.40. The quantitative estimate of drug-likeness (QED) is 0.700. The monoisotopic (exact) mass is 369 g/mol. The zero-order chi connectivity index (χ0) is 18.3. The number of fused-ring (bicyclic) bond motifs is 1. The highest BCUT2D eigenvalue weighted by molar-refractivity contribution is 7.15. The van der Waals surface area contributed by atoms with Gasteiger partial charge in [0.1, 0.15) is 16.8 Å². The van der Waals surface area contributed by atoms with E-state index in [-0.39, 0.29) is 17.6 Å². The standard InChI is InChI=1S/C18H19N5O2S/c1-4-16(24)21-12-7-18(3,8-12)25-17-14-5-6-20-23(14)10-13(22-17)15-9-19-11(2)26-15/h4-6,9-10,12H,1,7-8H2,2-3H3,(H,21,24)/t12-,18+. The normalized spacial score (nSPS) is 22.0. The van der Waals surface area contributed by atoms with Gasteiger partial charge in [-0.15, -0.1) is 11.3 Å². The van der Waals surface area contributed by atoms with Crippen molar-refractivity contribution in [2.24, 2.45) is 0 Å². The highest BCUT2D eigenvalue weighted by atomic mass is 32.1. The van der Waals surface area contributed by atoms with E-state index in [0.29, 0.717) is 5.88 Å². The second-order valence-corrected chi connectivity index (χ2v) is 7.94. The van der Waals surface area contributed by atoms with Crippen molar-refractivity contribution in [1.29, 1.82) is 0 Å². The summed E-state index contributed by atoms with van der Waals surface area (Å²) in [6, 6.07) is 1.97. The lowest BCUT2D eigenvalue weighted by molar-refractivity contribution is -0.119. The molecule has 1 N–H and O–H groups in total. The van der Waals surface area contributed by atoms with Crippen LogP contribution in [-0.4, -0.2) is 37.1 Å². The first-order chi connectivity index (χ1) is 12.5. The molecule has 7 nitrogen and oxygen atoms in total. The molecule has 1 amide bonds. The Kier molecular flexibility index (Phi) is 3.99. The lowest BCUT2D eigenvalue weighted by Crippen LogP contribution is -2.56. The maximum atomic E-state index is 11.4. The van der Waals surface area contributed by atoms with Crippen LogP contribution in [-0.2, 0) is 4.79 Å². The molecule has 0 atom stereocenters. The minimum absolute atomic E-state index is 0.0961. The average molecular weight is 369 g/mol. The van der Waals surface area contributed by atoms with Crippen LogP contribution in [0.2, 0.25) is 0 Å². The number of hydrogen-bond acceptors (Lipinski definition) is 6. The molecule has 0 unspecified atom stereocenters. The third-order valence-electron chi connectivity index (χ3n) is 4.46. The van der Waals surface area contributed by atoms with Gasteiger partial charge >= 0.3 is 0 Å². The molecule has 0 radical (unpaired) electrons. The number of hydrogen-bond donors (Lipinski definition) is 1. The van der Waals surface area contributed by atoms with Gasteiger partial charge in [0.05, 0.1) is 22.3 Å². The molecule has 1 fully saturated rings. The van der Waals surface area contributed by atoms with Gasteiger partial charge in [0.15, 0.2) is 0 Å². The lowest BCUT2D eigenvalue weighted by Gasteiger charge is -2.44. The predicted molar refractivity (Wildman–Crippen MR) is 99.2 cm³/mol. The molecule has 1 aliphatic carbocycles. The predicted octanol–water partition coefficient (Wildman–Crippen LogP) is 2.76. The molecule has 8 heteroatoms. The highest BCUT2D eigenvalue weighted by Gasteiger charge is 2.43. The van der Waals surface area contributed by atoms with Crippen LogP contribution in [0, 0.1) is 6.92 Å². The summed E-state index contributed by atoms with van der Waals surface area (Å²) in [7, 11) is 0. The number of aryl methyl sites for hydroxylation is 1. The first-order valence-electron chi connectivity index (χ1n) is 8.35. The van der Waals surface area contributed by atoms with Gasteiger partial charge in [-0.05, 0) is 26.0 Å². The summed E-state index contributed by atoms with van der Waals surface area (Å²) in [5, 5.41) is 8.20. The fraction of sp³-hybridized carbons (Fsp3) is 0.333. The van der Waals surface area contributed by atoms with E-state index in [0.717, 1.165) is 33.9 Å². The smallest absolute Gasteiger partial charge is 0.243 e. The highest BCUT2D eigenvalue weighted by Crippen LogP contribution is 2.38. The Hall–Kier alpha value is -2.74. The molecule has 0 aliphatic heterocycles. The lowest BCUT2D eigenvalue weighted by atomic mass is 9.77. The number of rotatable bonds is 5. The third kappa shape index (κ3) is 3.08. The van der Waals surface area contributed by atoms with Crippen LogP contribution in [0.1, 0.15) is 24.8 Å². The van der Waals surface area contributed by atoms with Crippen molar-refractivity contribution < 1.29 is 9.53 Å². The molecule has 0 saturated heterocycles. The second-order valence-electron chi connectivity index (χ2n) is 6.71. The molecular formula is C18H19N5O2S. The van der Waals surface area contributed by atoms with E-state index in [1.54, 1.807) is 22.0 Å². The van der Waals surface area contributed by atoms with E-state index in [9.17, 15) is 4.79 Å². The van der Waals surface area contributed by atoms with Crippen LogP contribution in [0.15, 0.2) is 37.3 Å². The Morgan fingerprint density at radius 2 is 2.35 bits per heavy atom. The van der Waals surface area contributed by atoms with E-state index in [1.807, 2.05) is 32.3 Å². The molecule has 1 aliphatic rings. The Morgan fingerprint density at radius 1 is 1.54 bits per heavy atom. The number of carbonyl (C=O) groups excluding carboxylic acids is 1. The SMILES string of the molecule is C=CC(=O)N[C@H]1C[C@@](C)(Oc2nc(-c3cnc(C)s3)cn3nccc23)C1. The van der Waals surface area contributed by atoms with E-state index in [4.69, 9.17) is 9.72 Å². The Morgan fingerprint density at radius 3 is 3.04 bits per heavy atom. The summed E-state index contributed by atoms with van der Waals surface area (Å²) < 4.78 is 8.03. The van der Waals surface area contributed by atoms with Crippen LogP contribution >= 0.6 is 11.3 Å². The number of amides is 1. The summed E-state index contributed by atoms with van der Waals surface area (Å²) in [6.07, 6.45) is 8.14. The van der Waals surface area contributed by atoms with E-state index in [2.05, 4.69) is 22.0 Å². The molecule has 4 rings (SSSR count). The molecule has 0 aromatic carbocycles. The van der Waals surface area contributed by atoms with Crippen molar-refractivity contribution in [3.05, 3.63) is 42.3 Å². The number of nitrogens with zero attached hydrogens (tertiary/aromatic N) is 4. The van der Waals surface area contributed by atoms with Crippen LogP contribution in [0.5, 0.6) is 5.88 Å². The fourth-order valence-corrected chi connectivity index (χ4v) is 3.97. The van der Waals surface area contributed by atoms with Gasteiger partial charge in [-0.3, -0.25) is 4.79 Å². The molecule has 3 aromatic rings. The number of carbonyl (C=O) groups is 1. The molecule has 134 valence electrons.